The van der Waals surface area contributed by atoms with Gasteiger partial charge in [-0.3, -0.25) is 0 Å². The van der Waals surface area contributed by atoms with Gasteiger partial charge in [-0.1, -0.05) is 19.6 Å². The summed E-state index contributed by atoms with van der Waals surface area (Å²) in [6, 6.07) is 0.996. The normalized spacial score (nSPS) is 12.8. The molecule has 0 radical (unpaired) electrons. The number of hydrogen-bond donors (Lipinski definition) is 0. The quantitative estimate of drug-likeness (QED) is 0.442. The van der Waals surface area contributed by atoms with Gasteiger partial charge in [0.1, 0.15) is 4.84 Å². The Morgan fingerprint density at radius 3 is 1.62 bits per heavy atom. The van der Waals surface area contributed by atoms with Gasteiger partial charge in [-0.15, -0.1) is 23.2 Å². The molecule has 0 unspecified atom stereocenters. The Hall–Kier alpha value is 0.797. The topological polar surface area (TPSA) is 0 Å². The summed E-state index contributed by atoms with van der Waals surface area (Å²) in [5.74, 6) is 0. The van der Waals surface area contributed by atoms with Gasteiger partial charge in [-0.25, -0.2) is 0 Å². The molecule has 0 aromatic rings. The van der Waals surface area contributed by atoms with E-state index in [0.29, 0.717) is 0 Å². The lowest BCUT2D eigenvalue weighted by molar-refractivity contribution is 1.28. The lowest BCUT2D eigenvalue weighted by atomic mass is 10.9. The van der Waals surface area contributed by atoms with E-state index in [1.807, 2.05) is 0 Å². The molecule has 0 aromatic carbocycles. The zero-order chi connectivity index (χ0) is 6.78. The molecule has 0 aliphatic heterocycles. The summed E-state index contributed by atoms with van der Waals surface area (Å²) in [6.45, 7) is 6.76. The third-order valence-electron chi connectivity index (χ3n) is 0.767. The second-order valence-corrected chi connectivity index (χ2v) is 9.96. The minimum absolute atomic E-state index is 0.151. The SMILES string of the molecule is C[Si](C)(C)CC(Cl)Cl. The largest absolute Gasteiger partial charge is 0.106 e. The molecular formula is C5H12Cl2Si. The van der Waals surface area contributed by atoms with Crippen molar-refractivity contribution in [2.24, 2.45) is 0 Å². The molecule has 0 heterocycles. The molecule has 50 valence electrons. The molecule has 0 fully saturated rings. The first-order valence-electron chi connectivity index (χ1n) is 2.70. The number of halogens is 2. The van der Waals surface area contributed by atoms with E-state index in [9.17, 15) is 0 Å². The van der Waals surface area contributed by atoms with E-state index >= 15 is 0 Å². The van der Waals surface area contributed by atoms with Gasteiger partial charge in [-0.2, -0.15) is 0 Å². The summed E-state index contributed by atoms with van der Waals surface area (Å²) >= 11 is 11.1. The highest BCUT2D eigenvalue weighted by atomic mass is 35.5. The summed E-state index contributed by atoms with van der Waals surface area (Å²) in [5.41, 5.74) is 0. The highest BCUT2D eigenvalue weighted by Gasteiger charge is 2.16. The molecule has 0 saturated carbocycles. The average Bonchev–Trinajstić information content (AvgIpc) is 1.21. The van der Waals surface area contributed by atoms with Crippen LogP contribution in [0.25, 0.3) is 0 Å². The monoisotopic (exact) mass is 170 g/mol. The van der Waals surface area contributed by atoms with Crippen molar-refractivity contribution in [2.75, 3.05) is 0 Å². The second kappa shape index (κ2) is 3.09. The Bertz CT molecular complexity index is 65.3. The molecule has 0 aliphatic rings. The Morgan fingerprint density at radius 1 is 1.25 bits per heavy atom. The minimum Gasteiger partial charge on any atom is -0.106 e. The molecule has 0 N–H and O–H groups in total. The van der Waals surface area contributed by atoms with E-state index in [1.165, 1.54) is 0 Å². The van der Waals surface area contributed by atoms with Gasteiger partial charge in [0.2, 0.25) is 0 Å². The van der Waals surface area contributed by atoms with Gasteiger partial charge in [0.05, 0.1) is 0 Å². The molecule has 0 amide bonds. The second-order valence-electron chi connectivity index (χ2n) is 3.16. The van der Waals surface area contributed by atoms with Crippen molar-refractivity contribution in [1.82, 2.24) is 0 Å². The lowest BCUT2D eigenvalue weighted by Crippen LogP contribution is -2.21. The van der Waals surface area contributed by atoms with Crippen LogP contribution < -0.4 is 0 Å². The average molecular weight is 171 g/mol. The van der Waals surface area contributed by atoms with Crippen LogP contribution in [0.3, 0.4) is 0 Å². The van der Waals surface area contributed by atoms with Crippen LogP contribution in [0.1, 0.15) is 0 Å². The molecule has 0 atom stereocenters. The summed E-state index contributed by atoms with van der Waals surface area (Å²) in [4.78, 5) is -0.151. The molecule has 0 nitrogen and oxygen atoms in total. The zero-order valence-electron chi connectivity index (χ0n) is 5.54. The summed E-state index contributed by atoms with van der Waals surface area (Å²) in [5, 5.41) is 0. The summed E-state index contributed by atoms with van der Waals surface area (Å²) in [6.07, 6.45) is 0. The number of hydrogen-bond acceptors (Lipinski definition) is 0. The lowest BCUT2D eigenvalue weighted by Gasteiger charge is -2.15. The van der Waals surface area contributed by atoms with Crippen molar-refractivity contribution >= 4 is 31.3 Å². The fourth-order valence-electron chi connectivity index (χ4n) is 0.463. The number of rotatable bonds is 2. The van der Waals surface area contributed by atoms with Crippen molar-refractivity contribution < 1.29 is 0 Å². The van der Waals surface area contributed by atoms with Gasteiger partial charge >= 0.3 is 0 Å². The van der Waals surface area contributed by atoms with Crippen LogP contribution in [0, 0.1) is 0 Å². The van der Waals surface area contributed by atoms with Gasteiger partial charge < -0.3 is 0 Å². The van der Waals surface area contributed by atoms with Crippen molar-refractivity contribution in [3.8, 4) is 0 Å². The van der Waals surface area contributed by atoms with Gasteiger partial charge in [-0.05, 0) is 6.04 Å². The van der Waals surface area contributed by atoms with Crippen LogP contribution in [-0.2, 0) is 0 Å². The Labute approximate surface area is 62.2 Å². The fourth-order valence-corrected chi connectivity index (χ4v) is 4.17. The summed E-state index contributed by atoms with van der Waals surface area (Å²) in [7, 11) is -0.984. The van der Waals surface area contributed by atoms with Crippen LogP contribution in [0.2, 0.25) is 25.7 Å². The minimum atomic E-state index is -0.984. The first-order chi connectivity index (χ1) is 3.42. The third kappa shape index (κ3) is 6.80. The number of alkyl halides is 2. The molecule has 3 heteroatoms. The van der Waals surface area contributed by atoms with Gasteiger partial charge in [0.15, 0.2) is 0 Å². The van der Waals surface area contributed by atoms with E-state index in [1.54, 1.807) is 0 Å². The predicted molar refractivity (Wildman–Crippen MR) is 43.6 cm³/mol. The van der Waals surface area contributed by atoms with Crippen LogP contribution in [-0.4, -0.2) is 12.9 Å². The zero-order valence-corrected chi connectivity index (χ0v) is 8.05. The van der Waals surface area contributed by atoms with Crippen molar-refractivity contribution in [3.63, 3.8) is 0 Å². The van der Waals surface area contributed by atoms with Crippen LogP contribution in [0.4, 0.5) is 0 Å². The van der Waals surface area contributed by atoms with Crippen molar-refractivity contribution in [3.05, 3.63) is 0 Å². The Kier molecular flexibility index (Phi) is 3.40. The molecule has 0 spiro atoms. The van der Waals surface area contributed by atoms with E-state index in [0.717, 1.165) is 6.04 Å². The Morgan fingerprint density at radius 2 is 1.62 bits per heavy atom. The smallest absolute Gasteiger partial charge is 0.105 e. The predicted octanol–water partition coefficient (Wildman–Crippen LogP) is 3.13. The molecule has 0 saturated heterocycles. The highest BCUT2D eigenvalue weighted by molar-refractivity contribution is 6.77. The molecule has 0 aromatic heterocycles. The Balaban J connectivity index is 3.39. The molecule has 0 bridgehead atoms. The third-order valence-corrected chi connectivity index (χ3v) is 3.23. The standard InChI is InChI=1S/C5H12Cl2Si/c1-8(2,3)4-5(6)7/h5H,4H2,1-3H3. The molecular weight excluding hydrogens is 159 g/mol. The molecule has 0 aliphatic carbocycles. The van der Waals surface area contributed by atoms with Crippen molar-refractivity contribution in [1.29, 1.82) is 0 Å². The van der Waals surface area contributed by atoms with Gasteiger partial charge in [0, 0.05) is 8.07 Å². The first kappa shape index (κ1) is 8.80. The van der Waals surface area contributed by atoms with Crippen LogP contribution in [0.5, 0.6) is 0 Å². The summed E-state index contributed by atoms with van der Waals surface area (Å²) < 4.78 is 0. The van der Waals surface area contributed by atoms with Crippen LogP contribution >= 0.6 is 23.2 Å². The highest BCUT2D eigenvalue weighted by Crippen LogP contribution is 2.18. The fraction of sp³-hybridized carbons (Fsp3) is 1.00. The molecule has 0 rings (SSSR count). The molecule has 8 heavy (non-hydrogen) atoms. The van der Waals surface area contributed by atoms with E-state index in [-0.39, 0.29) is 4.84 Å². The van der Waals surface area contributed by atoms with Crippen molar-refractivity contribution in [2.45, 2.75) is 30.5 Å². The van der Waals surface area contributed by atoms with Gasteiger partial charge in [0.25, 0.3) is 0 Å². The van der Waals surface area contributed by atoms with E-state index < -0.39 is 8.07 Å². The maximum atomic E-state index is 5.56. The van der Waals surface area contributed by atoms with Crippen LogP contribution in [0.15, 0.2) is 0 Å². The van der Waals surface area contributed by atoms with E-state index in [4.69, 9.17) is 23.2 Å². The first-order valence-corrected chi connectivity index (χ1v) is 7.28. The maximum absolute atomic E-state index is 5.56. The van der Waals surface area contributed by atoms with E-state index in [2.05, 4.69) is 19.6 Å². The maximum Gasteiger partial charge on any atom is 0.105 e.